The molecule has 9 rings (SSSR count). The van der Waals surface area contributed by atoms with Gasteiger partial charge in [-0.3, -0.25) is 0 Å². The lowest BCUT2D eigenvalue weighted by atomic mass is 9.66. The second kappa shape index (κ2) is 25.5. The summed E-state index contributed by atoms with van der Waals surface area (Å²) in [7, 11) is 0. The van der Waals surface area contributed by atoms with Crippen molar-refractivity contribution in [3.05, 3.63) is 76.3 Å². The third-order valence-electron chi connectivity index (χ3n) is 22.2. The molecule has 6 saturated carbocycles. The van der Waals surface area contributed by atoms with Gasteiger partial charge >= 0.3 is 0 Å². The van der Waals surface area contributed by atoms with E-state index < -0.39 is 0 Å². The Kier molecular flexibility index (Phi) is 19.1. The molecule has 4 nitrogen and oxygen atoms in total. The van der Waals surface area contributed by atoms with Gasteiger partial charge in [0.1, 0.15) is 0 Å². The van der Waals surface area contributed by atoms with Crippen molar-refractivity contribution in [2.75, 3.05) is 11.9 Å². The number of nitrogens with one attached hydrogen (secondary N) is 1. The van der Waals surface area contributed by atoms with Crippen LogP contribution in [0.1, 0.15) is 253 Å². The van der Waals surface area contributed by atoms with Crippen LogP contribution in [0.3, 0.4) is 0 Å². The molecule has 398 valence electrons. The molecule has 0 bridgehead atoms. The van der Waals surface area contributed by atoms with Gasteiger partial charge in [-0.15, -0.1) is 0 Å². The normalized spacial score (nSPS) is 33.0. The van der Waals surface area contributed by atoms with E-state index in [4.69, 9.17) is 17.2 Å². The van der Waals surface area contributed by atoms with Gasteiger partial charge in [0.25, 0.3) is 0 Å². The molecule has 0 radical (unpaired) electrons. The van der Waals surface area contributed by atoms with Crippen LogP contribution in [0.4, 0.5) is 5.69 Å². The Morgan fingerprint density at radius 3 is 1.24 bits per heavy atom. The molecule has 7 N–H and O–H groups in total. The first-order valence-electron chi connectivity index (χ1n) is 31.5. The monoisotopic (exact) mass is 979 g/mol. The molecule has 3 aromatic carbocycles. The van der Waals surface area contributed by atoms with Gasteiger partial charge in [0.2, 0.25) is 0 Å². The number of benzene rings is 3. The van der Waals surface area contributed by atoms with E-state index >= 15 is 0 Å². The van der Waals surface area contributed by atoms with Gasteiger partial charge in [0.15, 0.2) is 0 Å². The van der Waals surface area contributed by atoms with Crippen LogP contribution < -0.4 is 22.5 Å². The Morgan fingerprint density at radius 1 is 0.403 bits per heavy atom. The SMILES string of the molecule is CCCNc1cc(-c2cc(C)ccc2C2CCC(C3CCC(C(N)CC)CC3)CC2)c(C2CCC(C3CCC(C(N)CC)CC3)CC2)cc1-c1cc(C2CCC(C3CCC(C(N)CC)CC3)CC2)ccc1C. The van der Waals surface area contributed by atoms with Crippen LogP contribution in [0.25, 0.3) is 22.3 Å². The van der Waals surface area contributed by atoms with Gasteiger partial charge in [-0.05, 0) is 316 Å². The molecule has 3 aromatic rings. The predicted octanol–water partition coefficient (Wildman–Crippen LogP) is 17.9. The van der Waals surface area contributed by atoms with Crippen LogP contribution in [-0.4, -0.2) is 24.7 Å². The lowest BCUT2D eigenvalue weighted by molar-refractivity contribution is 0.149. The first-order valence-corrected chi connectivity index (χ1v) is 31.5. The highest BCUT2D eigenvalue weighted by atomic mass is 14.9. The van der Waals surface area contributed by atoms with E-state index in [1.54, 1.807) is 27.8 Å². The molecular weight excluding hydrogens is 873 g/mol. The molecule has 6 fully saturated rings. The van der Waals surface area contributed by atoms with E-state index in [0.717, 1.165) is 85.5 Å². The molecule has 6 aliphatic carbocycles. The molecule has 0 spiro atoms. The maximum atomic E-state index is 6.62. The molecule has 3 atom stereocenters. The van der Waals surface area contributed by atoms with Crippen molar-refractivity contribution in [1.29, 1.82) is 0 Å². The average Bonchev–Trinajstić information content (AvgIpc) is 3.44. The largest absolute Gasteiger partial charge is 0.385 e. The third kappa shape index (κ3) is 12.6. The minimum atomic E-state index is 0.394. The first kappa shape index (κ1) is 54.1. The van der Waals surface area contributed by atoms with E-state index in [9.17, 15) is 0 Å². The van der Waals surface area contributed by atoms with Crippen LogP contribution in [0.2, 0.25) is 0 Å². The van der Waals surface area contributed by atoms with Crippen molar-refractivity contribution < 1.29 is 0 Å². The molecular formula is C68H106N4. The van der Waals surface area contributed by atoms with Crippen LogP contribution in [0.15, 0.2) is 48.5 Å². The number of aryl methyl sites for hydroxylation is 2. The van der Waals surface area contributed by atoms with Crippen molar-refractivity contribution in [3.8, 4) is 22.3 Å². The highest BCUT2D eigenvalue weighted by Crippen LogP contribution is 2.52. The predicted molar refractivity (Wildman–Crippen MR) is 311 cm³/mol. The molecule has 0 aliphatic heterocycles. The maximum absolute atomic E-state index is 6.62. The first-order chi connectivity index (χ1) is 35.0. The van der Waals surface area contributed by atoms with Gasteiger partial charge in [-0.25, -0.2) is 0 Å². The zero-order chi connectivity index (χ0) is 50.3. The molecule has 0 aromatic heterocycles. The minimum Gasteiger partial charge on any atom is -0.385 e. The highest BCUT2D eigenvalue weighted by Gasteiger charge is 2.37. The zero-order valence-electron chi connectivity index (χ0n) is 47.0. The van der Waals surface area contributed by atoms with E-state index in [2.05, 4.69) is 95.4 Å². The lowest BCUT2D eigenvalue weighted by Gasteiger charge is -2.40. The number of anilines is 1. The maximum Gasteiger partial charge on any atom is 0.0426 e. The van der Waals surface area contributed by atoms with E-state index in [-0.39, 0.29) is 0 Å². The van der Waals surface area contributed by atoms with Crippen molar-refractivity contribution >= 4 is 5.69 Å². The molecule has 0 saturated heterocycles. The standard InChI is InChI=1S/C68H106N4/c1-7-39-72-68-43-63(62-40-44(5)11-38-59(62)53-28-18-47(19-29-53)50-24-34-56(35-25-50)66(70)9-3)61(54-30-20-48(21-31-54)51-26-36-57(37-27-51)67(71)10-4)42-64(68)60-41-58(13-12-45(60)6)52-16-14-46(15-17-52)49-22-32-55(33-23-49)65(69)8-2/h11-13,38,40-43,46-57,65-67,72H,7-10,14-37,39,69-71H2,1-6H3. The van der Waals surface area contributed by atoms with Gasteiger partial charge in [-0.2, -0.15) is 0 Å². The van der Waals surface area contributed by atoms with Gasteiger partial charge < -0.3 is 22.5 Å². The number of nitrogens with two attached hydrogens (primary N) is 3. The number of hydrogen-bond donors (Lipinski definition) is 4. The summed E-state index contributed by atoms with van der Waals surface area (Å²) in [6.45, 7) is 14.9. The Balaban J connectivity index is 0.999. The second-order valence-corrected chi connectivity index (χ2v) is 26.2. The van der Waals surface area contributed by atoms with Crippen molar-refractivity contribution in [1.82, 2.24) is 0 Å². The quantitative estimate of drug-likeness (QED) is 0.108. The summed E-state index contributed by atoms with van der Waals surface area (Å²) in [5, 5.41) is 4.09. The second-order valence-electron chi connectivity index (χ2n) is 26.2. The molecule has 4 heteroatoms. The van der Waals surface area contributed by atoms with Gasteiger partial charge in [-0.1, -0.05) is 69.7 Å². The smallest absolute Gasteiger partial charge is 0.0426 e. The van der Waals surface area contributed by atoms with Crippen molar-refractivity contribution in [2.24, 2.45) is 70.5 Å². The van der Waals surface area contributed by atoms with Gasteiger partial charge in [0.05, 0.1) is 0 Å². The average molecular weight is 980 g/mol. The zero-order valence-corrected chi connectivity index (χ0v) is 47.0. The summed E-state index contributed by atoms with van der Waals surface area (Å²) in [4.78, 5) is 0. The van der Waals surface area contributed by atoms with E-state index in [1.165, 1.54) is 182 Å². The van der Waals surface area contributed by atoms with Crippen molar-refractivity contribution in [3.63, 3.8) is 0 Å². The van der Waals surface area contributed by atoms with Crippen molar-refractivity contribution in [2.45, 2.75) is 257 Å². The number of rotatable bonds is 17. The van der Waals surface area contributed by atoms with Crippen LogP contribution in [-0.2, 0) is 0 Å². The molecule has 6 aliphatic rings. The number of hydrogen-bond acceptors (Lipinski definition) is 4. The lowest BCUT2D eigenvalue weighted by Crippen LogP contribution is -2.34. The molecule has 72 heavy (non-hydrogen) atoms. The topological polar surface area (TPSA) is 90.1 Å². The summed E-state index contributed by atoms with van der Waals surface area (Å²) in [6.07, 6.45) is 37.4. The summed E-state index contributed by atoms with van der Waals surface area (Å²) < 4.78 is 0. The Hall–Kier alpha value is -2.66. The third-order valence-corrected chi connectivity index (χ3v) is 22.2. The molecule has 3 unspecified atom stereocenters. The van der Waals surface area contributed by atoms with Crippen LogP contribution in [0, 0.1) is 67.1 Å². The summed E-state index contributed by atoms with van der Waals surface area (Å²) in [5.41, 5.74) is 34.8. The van der Waals surface area contributed by atoms with E-state index in [1.807, 2.05) is 0 Å². The Morgan fingerprint density at radius 2 is 0.806 bits per heavy atom. The fourth-order valence-corrected chi connectivity index (χ4v) is 17.1. The van der Waals surface area contributed by atoms with Crippen LogP contribution >= 0.6 is 0 Å². The Bertz CT molecular complexity index is 2130. The molecule has 0 amide bonds. The van der Waals surface area contributed by atoms with E-state index in [0.29, 0.717) is 35.9 Å². The van der Waals surface area contributed by atoms with Crippen LogP contribution in [0.5, 0.6) is 0 Å². The highest BCUT2D eigenvalue weighted by molar-refractivity contribution is 5.87. The van der Waals surface area contributed by atoms with Gasteiger partial charge in [0, 0.05) is 35.9 Å². The summed E-state index contributed by atoms with van der Waals surface area (Å²) in [5.74, 6) is 9.53. The molecule has 0 heterocycles. The Labute approximate surface area is 441 Å². The fraction of sp³-hybridized carbons (Fsp3) is 0.735. The summed E-state index contributed by atoms with van der Waals surface area (Å²) >= 11 is 0. The summed E-state index contributed by atoms with van der Waals surface area (Å²) in [6, 6.07) is 22.0. The minimum absolute atomic E-state index is 0.394. The fourth-order valence-electron chi connectivity index (χ4n) is 17.1.